The van der Waals surface area contributed by atoms with E-state index in [9.17, 15) is 35.9 Å². The Hall–Kier alpha value is -6.65. The van der Waals surface area contributed by atoms with Crippen LogP contribution in [0.1, 0.15) is 181 Å². The molecule has 0 radical (unpaired) electrons. The van der Waals surface area contributed by atoms with E-state index in [1.807, 2.05) is 0 Å². The Morgan fingerprint density at radius 1 is 0.602 bits per heavy atom. The molecule has 3 N–H and O–H groups in total. The molecule has 5 aliphatic heterocycles. The number of rotatable bonds is 13. The molecule has 4 saturated carbocycles. The highest BCUT2D eigenvalue weighted by Crippen LogP contribution is 2.46. The van der Waals surface area contributed by atoms with Crippen molar-refractivity contribution in [2.24, 2.45) is 41.4 Å². The first kappa shape index (κ1) is 90.3. The molecular formula is C78H120F8N12O14S. The lowest BCUT2D eigenvalue weighted by Gasteiger charge is -2.47. The lowest BCUT2D eigenvalue weighted by atomic mass is 9.74. The van der Waals surface area contributed by atoms with E-state index in [1.54, 1.807) is 32.5 Å². The van der Waals surface area contributed by atoms with Crippen LogP contribution in [0.4, 0.5) is 35.1 Å². The number of halogens is 8. The summed E-state index contributed by atoms with van der Waals surface area (Å²) in [7, 11) is 8.21. The van der Waals surface area contributed by atoms with Crippen molar-refractivity contribution in [2.45, 2.75) is 266 Å². The average Bonchev–Trinajstić information content (AvgIpc) is 1.71. The van der Waals surface area contributed by atoms with Gasteiger partial charge in [-0.3, -0.25) is 57.5 Å². The summed E-state index contributed by atoms with van der Waals surface area (Å²) in [5, 5.41) is 8.55. The second kappa shape index (κ2) is 39.5. The lowest BCUT2D eigenvalue weighted by Crippen LogP contribution is -2.68. The van der Waals surface area contributed by atoms with Gasteiger partial charge in [0.05, 0.1) is 44.7 Å². The number of alkyl halides is 8. The molecule has 4 aliphatic carbocycles. The van der Waals surface area contributed by atoms with Crippen molar-refractivity contribution in [1.29, 1.82) is 0 Å². The number of morpholine rings is 1. The highest BCUT2D eigenvalue weighted by atomic mass is 32.2. The molecule has 0 aromatic rings. The second-order valence-electron chi connectivity index (χ2n) is 33.5. The molecule has 0 aromatic carbocycles. The topological polar surface area (TPSA) is 289 Å². The average molecular weight is 1630 g/mol. The van der Waals surface area contributed by atoms with Crippen LogP contribution in [0.25, 0.3) is 0 Å². The summed E-state index contributed by atoms with van der Waals surface area (Å²) in [5.41, 5.74) is -1.70. The predicted octanol–water partition coefficient (Wildman–Crippen LogP) is 6.44. The Kier molecular flexibility index (Phi) is 31.6. The number of thioether (sulfide) groups is 1. The molecular weight excluding hydrogens is 1510 g/mol. The smallest absolute Gasteiger partial charge is 0.378 e. The number of nitrogens with zero attached hydrogens (tertiary/aromatic N) is 9. The summed E-state index contributed by atoms with van der Waals surface area (Å²) in [4.78, 5) is 195. The molecule has 26 nitrogen and oxygen atoms in total. The fourth-order valence-electron chi connectivity index (χ4n) is 18.6. The van der Waals surface area contributed by atoms with Gasteiger partial charge in [0.2, 0.25) is 70.9 Å². The van der Waals surface area contributed by atoms with Crippen molar-refractivity contribution in [1.82, 2.24) is 60.0 Å². The van der Waals surface area contributed by atoms with Crippen LogP contribution in [-0.4, -0.2) is 313 Å². The third-order valence-electron chi connectivity index (χ3n) is 26.0. The minimum absolute atomic E-state index is 0.00954. The lowest BCUT2D eigenvalue weighted by molar-refractivity contribution is -0.219. The van der Waals surface area contributed by atoms with Crippen LogP contribution in [0.3, 0.4) is 0 Å². The van der Waals surface area contributed by atoms with Crippen molar-refractivity contribution in [3.63, 3.8) is 0 Å². The number of carbonyl (C=O) groups is 12. The Morgan fingerprint density at radius 2 is 1.24 bits per heavy atom. The van der Waals surface area contributed by atoms with Gasteiger partial charge >= 0.3 is 12.4 Å². The van der Waals surface area contributed by atoms with Gasteiger partial charge in [-0.2, -0.15) is 38.1 Å². The maximum atomic E-state index is 15.8. The molecule has 13 atom stereocenters. The van der Waals surface area contributed by atoms with Gasteiger partial charge in [0.1, 0.15) is 72.1 Å². The molecule has 35 heteroatoms. The van der Waals surface area contributed by atoms with E-state index in [-0.39, 0.29) is 123 Å². The van der Waals surface area contributed by atoms with E-state index >= 15 is 56.7 Å². The van der Waals surface area contributed by atoms with Crippen LogP contribution in [0.5, 0.6) is 0 Å². The number of hydrogen-bond acceptors (Lipinski definition) is 15. The fourth-order valence-corrected chi connectivity index (χ4v) is 19.9. The molecule has 9 fully saturated rings. The van der Waals surface area contributed by atoms with Gasteiger partial charge in [-0.05, 0) is 164 Å². The first-order valence-corrected chi connectivity index (χ1v) is 42.1. The Labute approximate surface area is 662 Å². The van der Waals surface area contributed by atoms with Crippen LogP contribution < -0.4 is 16.0 Å². The first-order chi connectivity index (χ1) is 53.4. The summed E-state index contributed by atoms with van der Waals surface area (Å²) >= 11 is 1.67. The zero-order valence-electron chi connectivity index (χ0n) is 67.0. The van der Waals surface area contributed by atoms with E-state index in [4.69, 9.17) is 9.47 Å². The molecule has 9 aliphatic rings. The third kappa shape index (κ3) is 22.0. The van der Waals surface area contributed by atoms with Gasteiger partial charge in [-0.15, -0.1) is 0 Å². The SMILES string of the molecule is CCO[C@@H]1C[C@H]2C(=O)NC3(CCC3)C(=O)N(C)[C@@H](C3CCCC3)C(=O)N(C)[C@H](C(=O)N3CCOCC3)CC(=O)N(C)[C@@H](CC3CCSC3)C(=O)N[C@@H]([C@@H](C)CC)C(=O)N(C)CC(=O)N(C)[C@H]3CCCCCN(C3=O)[C@@H](CC3CCC(C(F)(F)F)CC3)C(=O)N(C)CC(=O)N[C@@H](CCC3CC(F)C(C(F)(F)F)C(F)C3)C(=O)N2C1. The standard InChI is InChI=1S/C78H120F8N12O14S/c1-10-46(3)65-73(108)91(5)44-63(101)92(6)56-20-13-12-16-30-97(72(56)107)60(38-47-21-24-51(25-22-47)77(81,82)83)70(105)90(4)43-61(99)87-55(26-23-48-36-53(79)64(54(80)37-48)78(84,85)86)69(104)98-42-52(112-11-2)40-58(98)68(103)89-76(28-17-29-76)75(110)95(9)66(50-18-14-15-19-50)74(109)94(8)59(71(106)96-31-33-111-34-32-96)41-62(100)93(7)57(67(102)88-65)39-49-27-35-113-45-49/h46-60,64-66H,10-45H2,1-9H3,(H,87,99)(H,88,102)(H,89,103)/t46-,47?,48?,49?,51?,52+,53?,54?,55-,56-,57-,58-,59-,60-,64?,65-,66-/m0/s1. The molecule has 5 saturated heterocycles. The molecule has 113 heavy (non-hydrogen) atoms. The van der Waals surface area contributed by atoms with E-state index in [2.05, 4.69) is 16.0 Å². The molecule has 0 aromatic heterocycles. The minimum Gasteiger partial charge on any atom is -0.378 e. The van der Waals surface area contributed by atoms with Gasteiger partial charge in [0.15, 0.2) is 0 Å². The van der Waals surface area contributed by atoms with Crippen LogP contribution in [0.15, 0.2) is 0 Å². The van der Waals surface area contributed by atoms with E-state index in [0.29, 0.717) is 70.0 Å². The summed E-state index contributed by atoms with van der Waals surface area (Å²) in [6.07, 6.45) is -14.4. The van der Waals surface area contributed by atoms with Crippen molar-refractivity contribution < 1.29 is 102 Å². The summed E-state index contributed by atoms with van der Waals surface area (Å²) in [5.74, 6) is -15.0. The summed E-state index contributed by atoms with van der Waals surface area (Å²) in [6.45, 7) is 3.97. The molecule has 9 rings (SSSR count). The Balaban J connectivity index is 1.11. The number of ether oxygens (including phenoxy) is 2. The van der Waals surface area contributed by atoms with Crippen LogP contribution in [0.2, 0.25) is 0 Å². The quantitative estimate of drug-likeness (QED) is 0.167. The van der Waals surface area contributed by atoms with Gasteiger partial charge < -0.3 is 69.5 Å². The zero-order valence-corrected chi connectivity index (χ0v) is 67.8. The van der Waals surface area contributed by atoms with Gasteiger partial charge in [-0.1, -0.05) is 46.0 Å². The highest BCUT2D eigenvalue weighted by molar-refractivity contribution is 7.99. The summed E-state index contributed by atoms with van der Waals surface area (Å²) in [6, 6.07) is -11.2. The number of hydrogen-bond donors (Lipinski definition) is 3. The second-order valence-corrected chi connectivity index (χ2v) is 34.7. The van der Waals surface area contributed by atoms with Crippen molar-refractivity contribution in [3.8, 4) is 0 Å². The third-order valence-corrected chi connectivity index (χ3v) is 27.2. The maximum absolute atomic E-state index is 15.8. The van der Waals surface area contributed by atoms with E-state index in [1.165, 1.54) is 71.7 Å². The monoisotopic (exact) mass is 1630 g/mol. The zero-order chi connectivity index (χ0) is 82.7. The van der Waals surface area contributed by atoms with Crippen molar-refractivity contribution in [3.05, 3.63) is 0 Å². The normalized spacial score (nSPS) is 33.1. The largest absolute Gasteiger partial charge is 0.397 e. The van der Waals surface area contributed by atoms with Crippen LogP contribution in [-0.2, 0) is 67.0 Å². The molecule has 1 spiro atoms. The molecule has 638 valence electrons. The predicted molar refractivity (Wildman–Crippen MR) is 400 cm³/mol. The number of amides is 12. The summed E-state index contributed by atoms with van der Waals surface area (Å²) < 4.78 is 127. The first-order valence-electron chi connectivity index (χ1n) is 40.9. The number of carbonyl (C=O) groups excluding carboxylic acids is 12. The van der Waals surface area contributed by atoms with Crippen molar-refractivity contribution in [2.75, 3.05) is 113 Å². The number of likely N-dealkylation sites (N-methyl/N-ethyl adjacent to an activating group) is 6. The van der Waals surface area contributed by atoms with Crippen LogP contribution in [0, 0.1) is 41.4 Å². The van der Waals surface area contributed by atoms with Crippen LogP contribution >= 0.6 is 11.8 Å². The van der Waals surface area contributed by atoms with Crippen molar-refractivity contribution >= 4 is 82.6 Å². The molecule has 2 bridgehead atoms. The number of nitrogens with one attached hydrogen (secondary N) is 3. The van der Waals surface area contributed by atoms with Gasteiger partial charge in [0.25, 0.3) is 0 Å². The van der Waals surface area contributed by atoms with Gasteiger partial charge in [-0.25, -0.2) is 8.78 Å². The Bertz CT molecular complexity index is 3340. The molecule has 3 unspecified atom stereocenters. The maximum Gasteiger partial charge on any atom is 0.397 e. The molecule has 5 heterocycles. The molecule has 12 amide bonds. The van der Waals surface area contributed by atoms with Gasteiger partial charge in [0, 0.05) is 81.5 Å². The minimum atomic E-state index is -5.22. The van der Waals surface area contributed by atoms with E-state index in [0.717, 1.165) is 20.5 Å². The Morgan fingerprint density at radius 3 is 1.83 bits per heavy atom. The highest BCUT2D eigenvalue weighted by Gasteiger charge is 2.57. The fraction of sp³-hybridized carbons (Fsp3) is 0.846. The van der Waals surface area contributed by atoms with E-state index < -0.39 is 230 Å². The number of fused-ring (bicyclic) bond motifs is 3.